The minimum absolute atomic E-state index is 0.326. The lowest BCUT2D eigenvalue weighted by Gasteiger charge is -2.27. The van der Waals surface area contributed by atoms with Crippen LogP contribution < -0.4 is 5.32 Å². The zero-order valence-electron chi connectivity index (χ0n) is 13.1. The van der Waals surface area contributed by atoms with Crippen LogP contribution in [0.1, 0.15) is 28.4 Å². The maximum Gasteiger partial charge on any atom is 0.261 e. The molecule has 0 aromatic heterocycles. The van der Waals surface area contributed by atoms with Crippen molar-refractivity contribution in [1.82, 2.24) is 0 Å². The first kappa shape index (κ1) is 17.0. The number of anilines is 1. The third-order valence-corrected chi connectivity index (χ3v) is 4.91. The molecule has 3 rings (SSSR count). The highest BCUT2D eigenvalue weighted by Crippen LogP contribution is 2.44. The number of benzene rings is 2. The average Bonchev–Trinajstić information content (AvgIpc) is 2.80. The summed E-state index contributed by atoms with van der Waals surface area (Å²) in [7, 11) is 0. The number of carbonyl (C=O) groups is 2. The molecule has 1 amide bonds. The van der Waals surface area contributed by atoms with E-state index in [9.17, 15) is 14.7 Å². The number of hydrogen-bond donors (Lipinski definition) is 2. The summed E-state index contributed by atoms with van der Waals surface area (Å²) in [5.74, 6) is -1.97. The fourth-order valence-corrected chi connectivity index (χ4v) is 3.42. The second-order valence-corrected chi connectivity index (χ2v) is 6.83. The van der Waals surface area contributed by atoms with E-state index in [1.807, 2.05) is 0 Å². The largest absolute Gasteiger partial charge is 0.375 e. The number of carbonyl (C=O) groups excluding carboxylic acids is 2. The molecule has 0 saturated heterocycles. The number of rotatable bonds is 3. The van der Waals surface area contributed by atoms with E-state index >= 15 is 0 Å². The smallest absolute Gasteiger partial charge is 0.261 e. The molecular weight excluding hydrogens is 349 g/mol. The van der Waals surface area contributed by atoms with Crippen molar-refractivity contribution in [3.8, 4) is 0 Å². The first-order valence-corrected chi connectivity index (χ1v) is 8.15. The SMILES string of the molecule is Cc1cc(Cl)cc2c1NC(=O)[C@@]2(O)[C@@H](C)C(=O)c1ccc(Cl)cc1. The normalized spacial score (nSPS) is 20.5. The molecule has 1 aliphatic heterocycles. The van der Waals surface area contributed by atoms with Crippen LogP contribution in [0.4, 0.5) is 5.69 Å². The number of nitrogens with one attached hydrogen (secondary N) is 1. The van der Waals surface area contributed by atoms with Crippen LogP contribution in [-0.4, -0.2) is 16.8 Å². The minimum Gasteiger partial charge on any atom is -0.375 e. The molecule has 0 saturated carbocycles. The molecule has 1 aliphatic rings. The van der Waals surface area contributed by atoms with Gasteiger partial charge in [-0.25, -0.2) is 0 Å². The Bertz CT molecular complexity index is 848. The van der Waals surface area contributed by atoms with Gasteiger partial charge in [0.05, 0.1) is 11.6 Å². The Balaban J connectivity index is 2.06. The van der Waals surface area contributed by atoms with Gasteiger partial charge in [-0.05, 0) is 48.9 Å². The third kappa shape index (κ3) is 2.51. The highest BCUT2D eigenvalue weighted by Gasteiger charge is 2.52. The Kier molecular flexibility index (Phi) is 4.16. The van der Waals surface area contributed by atoms with Gasteiger partial charge in [-0.15, -0.1) is 0 Å². The first-order chi connectivity index (χ1) is 11.2. The second-order valence-electron chi connectivity index (χ2n) is 5.96. The number of aliphatic hydroxyl groups is 1. The summed E-state index contributed by atoms with van der Waals surface area (Å²) in [4.78, 5) is 25.2. The summed E-state index contributed by atoms with van der Waals surface area (Å²) in [5.41, 5.74) is -0.0370. The van der Waals surface area contributed by atoms with E-state index in [1.165, 1.54) is 13.0 Å². The summed E-state index contributed by atoms with van der Waals surface area (Å²) < 4.78 is 0. The van der Waals surface area contributed by atoms with E-state index < -0.39 is 17.4 Å². The molecule has 0 bridgehead atoms. The monoisotopic (exact) mass is 363 g/mol. The molecule has 24 heavy (non-hydrogen) atoms. The van der Waals surface area contributed by atoms with Crippen LogP contribution in [0, 0.1) is 12.8 Å². The Morgan fingerprint density at radius 1 is 1.17 bits per heavy atom. The lowest BCUT2D eigenvalue weighted by atomic mass is 9.79. The minimum atomic E-state index is -1.97. The van der Waals surface area contributed by atoms with Crippen molar-refractivity contribution in [2.75, 3.05) is 5.32 Å². The summed E-state index contributed by atoms with van der Waals surface area (Å²) in [5, 5.41) is 14.7. The Morgan fingerprint density at radius 3 is 2.42 bits per heavy atom. The molecule has 0 radical (unpaired) electrons. The third-order valence-electron chi connectivity index (χ3n) is 4.44. The summed E-state index contributed by atoms with van der Waals surface area (Å²) in [6.07, 6.45) is 0. The van der Waals surface area contributed by atoms with Crippen molar-refractivity contribution in [2.24, 2.45) is 5.92 Å². The van der Waals surface area contributed by atoms with Crippen LogP contribution in [-0.2, 0) is 10.4 Å². The molecule has 124 valence electrons. The predicted octanol–water partition coefficient (Wildman–Crippen LogP) is 3.96. The summed E-state index contributed by atoms with van der Waals surface area (Å²) in [6, 6.07) is 9.54. The molecular formula is C18H15Cl2NO3. The average molecular weight is 364 g/mol. The Hall–Kier alpha value is -1.88. The fraction of sp³-hybridized carbons (Fsp3) is 0.222. The van der Waals surface area contributed by atoms with E-state index in [1.54, 1.807) is 37.3 Å². The van der Waals surface area contributed by atoms with Crippen LogP contribution in [0.2, 0.25) is 10.0 Å². The summed E-state index contributed by atoms with van der Waals surface area (Å²) >= 11 is 11.9. The second kappa shape index (κ2) is 5.88. The van der Waals surface area contributed by atoms with Gasteiger partial charge in [0.15, 0.2) is 11.4 Å². The van der Waals surface area contributed by atoms with Crippen LogP contribution in [0.25, 0.3) is 0 Å². The standard InChI is InChI=1S/C18H15Cl2NO3/c1-9-7-13(20)8-14-15(9)21-17(23)18(14,24)10(2)16(22)11-3-5-12(19)6-4-11/h3-8,10,24H,1-2H3,(H,21,23)/t10-,18+/m0/s1. The van der Waals surface area contributed by atoms with E-state index in [4.69, 9.17) is 23.2 Å². The molecule has 2 N–H and O–H groups in total. The van der Waals surface area contributed by atoms with Crippen molar-refractivity contribution in [3.05, 3.63) is 63.1 Å². The van der Waals surface area contributed by atoms with Gasteiger partial charge < -0.3 is 10.4 Å². The van der Waals surface area contributed by atoms with Crippen molar-refractivity contribution < 1.29 is 14.7 Å². The molecule has 0 aliphatic carbocycles. The van der Waals surface area contributed by atoms with Gasteiger partial charge >= 0.3 is 0 Å². The van der Waals surface area contributed by atoms with Gasteiger partial charge in [-0.1, -0.05) is 30.1 Å². The van der Waals surface area contributed by atoms with Crippen molar-refractivity contribution >= 4 is 40.6 Å². The summed E-state index contributed by atoms with van der Waals surface area (Å²) in [6.45, 7) is 3.31. The van der Waals surface area contributed by atoms with E-state index in [-0.39, 0.29) is 5.78 Å². The number of ketones is 1. The van der Waals surface area contributed by atoms with Crippen LogP contribution in [0.5, 0.6) is 0 Å². The van der Waals surface area contributed by atoms with E-state index in [0.29, 0.717) is 26.9 Å². The number of hydrogen-bond acceptors (Lipinski definition) is 3. The van der Waals surface area contributed by atoms with Crippen molar-refractivity contribution in [3.63, 3.8) is 0 Å². The molecule has 2 aromatic rings. The Labute approximate surface area is 149 Å². The number of amides is 1. The quantitative estimate of drug-likeness (QED) is 0.811. The predicted molar refractivity (Wildman–Crippen MR) is 93.7 cm³/mol. The lowest BCUT2D eigenvalue weighted by molar-refractivity contribution is -0.137. The van der Waals surface area contributed by atoms with Crippen LogP contribution >= 0.6 is 23.2 Å². The number of fused-ring (bicyclic) bond motifs is 1. The van der Waals surface area contributed by atoms with E-state index in [2.05, 4.69) is 5.32 Å². The topological polar surface area (TPSA) is 66.4 Å². The van der Waals surface area contributed by atoms with Gasteiger partial charge in [0, 0.05) is 21.2 Å². The molecule has 2 atom stereocenters. The Morgan fingerprint density at radius 2 is 1.79 bits per heavy atom. The van der Waals surface area contributed by atoms with Gasteiger partial charge in [-0.2, -0.15) is 0 Å². The lowest BCUT2D eigenvalue weighted by Crippen LogP contribution is -2.44. The van der Waals surface area contributed by atoms with E-state index in [0.717, 1.165) is 5.56 Å². The fourth-order valence-electron chi connectivity index (χ4n) is 3.02. The highest BCUT2D eigenvalue weighted by molar-refractivity contribution is 6.31. The molecule has 6 heteroatoms. The van der Waals surface area contributed by atoms with Gasteiger partial charge in [0.1, 0.15) is 0 Å². The van der Waals surface area contributed by atoms with Crippen LogP contribution in [0.15, 0.2) is 36.4 Å². The van der Waals surface area contributed by atoms with Crippen LogP contribution in [0.3, 0.4) is 0 Å². The molecule has 1 heterocycles. The number of halogens is 2. The number of Topliss-reactive ketones (excluding diaryl/α,β-unsaturated/α-hetero) is 1. The maximum atomic E-state index is 12.8. The molecule has 0 fully saturated rings. The van der Waals surface area contributed by atoms with Crippen molar-refractivity contribution in [1.29, 1.82) is 0 Å². The van der Waals surface area contributed by atoms with Gasteiger partial charge in [0.25, 0.3) is 5.91 Å². The maximum absolute atomic E-state index is 12.8. The highest BCUT2D eigenvalue weighted by atomic mass is 35.5. The zero-order chi connectivity index (χ0) is 17.6. The molecule has 4 nitrogen and oxygen atoms in total. The van der Waals surface area contributed by atoms with Gasteiger partial charge in [0.2, 0.25) is 0 Å². The van der Waals surface area contributed by atoms with Crippen molar-refractivity contribution in [2.45, 2.75) is 19.4 Å². The first-order valence-electron chi connectivity index (χ1n) is 7.39. The number of aryl methyl sites for hydroxylation is 1. The zero-order valence-corrected chi connectivity index (χ0v) is 14.6. The van der Waals surface area contributed by atoms with Gasteiger partial charge in [-0.3, -0.25) is 9.59 Å². The molecule has 0 unspecified atom stereocenters. The molecule has 2 aromatic carbocycles. The molecule has 0 spiro atoms.